The maximum absolute atomic E-state index is 5.67. The molecule has 0 amide bonds. The maximum atomic E-state index is 5.67. The van der Waals surface area contributed by atoms with Crippen molar-refractivity contribution in [3.8, 4) is 0 Å². The first-order valence-electron chi connectivity index (χ1n) is 4.50. The fraction of sp³-hybridized carbons (Fsp3) is 1.00. The summed E-state index contributed by atoms with van der Waals surface area (Å²) in [6.45, 7) is 1.38. The van der Waals surface area contributed by atoms with E-state index >= 15 is 0 Å². The van der Waals surface area contributed by atoms with E-state index in [0.717, 1.165) is 13.0 Å². The van der Waals surface area contributed by atoms with Crippen molar-refractivity contribution in [3.05, 3.63) is 0 Å². The molecule has 12 heavy (non-hydrogen) atoms. The first-order valence-corrected chi connectivity index (χ1v) is 5.75. The van der Waals surface area contributed by atoms with Crippen molar-refractivity contribution < 1.29 is 0 Å². The van der Waals surface area contributed by atoms with Crippen molar-refractivity contribution in [1.29, 1.82) is 0 Å². The number of hydrogen-bond acceptors (Lipinski definition) is 3. The number of unbranched alkanes of at least 4 members (excludes halogenated alkanes) is 1. The van der Waals surface area contributed by atoms with E-state index in [9.17, 15) is 0 Å². The normalized spacial score (nSPS) is 16.0. The van der Waals surface area contributed by atoms with Crippen molar-refractivity contribution in [3.63, 3.8) is 0 Å². The molecule has 0 saturated carbocycles. The third kappa shape index (κ3) is 7.27. The fourth-order valence-corrected chi connectivity index (χ4v) is 1.45. The lowest BCUT2D eigenvalue weighted by Crippen LogP contribution is -2.29. The molecule has 0 rings (SSSR count). The van der Waals surface area contributed by atoms with Crippen molar-refractivity contribution >= 4 is 22.6 Å². The zero-order valence-electron chi connectivity index (χ0n) is 7.51. The van der Waals surface area contributed by atoms with Gasteiger partial charge in [-0.25, -0.2) is 0 Å². The van der Waals surface area contributed by atoms with Crippen LogP contribution in [0.3, 0.4) is 0 Å². The van der Waals surface area contributed by atoms with Gasteiger partial charge in [0.1, 0.15) is 0 Å². The maximum Gasteiger partial charge on any atom is 0.0232 e. The molecule has 6 N–H and O–H groups in total. The highest BCUT2D eigenvalue weighted by Gasteiger charge is 2.02. The number of halogens is 1. The van der Waals surface area contributed by atoms with Gasteiger partial charge in [0, 0.05) is 23.1 Å². The van der Waals surface area contributed by atoms with Gasteiger partial charge in [-0.2, -0.15) is 0 Å². The largest absolute Gasteiger partial charge is 0.329 e. The second-order valence-electron chi connectivity index (χ2n) is 3.11. The van der Waals surface area contributed by atoms with Gasteiger partial charge >= 0.3 is 0 Å². The molecule has 0 aromatic carbocycles. The lowest BCUT2D eigenvalue weighted by molar-refractivity contribution is 0.556. The lowest BCUT2D eigenvalue weighted by atomic mass is 10.1. The van der Waals surface area contributed by atoms with Crippen LogP contribution in [0.5, 0.6) is 0 Å². The van der Waals surface area contributed by atoms with Crippen LogP contribution < -0.4 is 17.2 Å². The van der Waals surface area contributed by atoms with E-state index < -0.39 is 0 Å². The van der Waals surface area contributed by atoms with E-state index in [1.807, 2.05) is 0 Å². The van der Waals surface area contributed by atoms with Crippen LogP contribution in [0.25, 0.3) is 0 Å². The molecule has 2 unspecified atom stereocenters. The topological polar surface area (TPSA) is 78.1 Å². The smallest absolute Gasteiger partial charge is 0.0232 e. The van der Waals surface area contributed by atoms with Crippen LogP contribution in [0.2, 0.25) is 0 Å². The molecule has 0 aromatic heterocycles. The molecule has 0 fully saturated rings. The first kappa shape index (κ1) is 12.6. The summed E-state index contributed by atoms with van der Waals surface area (Å²) in [4.78, 5) is 0. The van der Waals surface area contributed by atoms with Crippen LogP contribution in [-0.4, -0.2) is 23.1 Å². The lowest BCUT2D eigenvalue weighted by Gasteiger charge is -2.09. The van der Waals surface area contributed by atoms with E-state index in [-0.39, 0.29) is 6.04 Å². The molecule has 0 aliphatic rings. The second-order valence-corrected chi connectivity index (χ2v) is 4.87. The molecule has 0 spiro atoms. The monoisotopic (exact) mass is 285 g/mol. The summed E-state index contributed by atoms with van der Waals surface area (Å²) in [5, 5.41) is 0. The Morgan fingerprint density at radius 2 is 1.58 bits per heavy atom. The molecule has 0 aliphatic carbocycles. The molecular formula is C8H20IN3. The molecule has 3 nitrogen and oxygen atoms in total. The molecule has 0 radical (unpaired) electrons. The van der Waals surface area contributed by atoms with E-state index in [0.29, 0.717) is 10.5 Å². The van der Waals surface area contributed by atoms with Crippen LogP contribution in [0.4, 0.5) is 0 Å². The van der Waals surface area contributed by atoms with Crippen molar-refractivity contribution in [1.82, 2.24) is 0 Å². The minimum absolute atomic E-state index is 0.190. The van der Waals surface area contributed by atoms with Gasteiger partial charge in [-0.1, -0.05) is 35.4 Å². The molecular weight excluding hydrogens is 265 g/mol. The Labute approximate surface area is 88.6 Å². The Morgan fingerprint density at radius 3 is 2.08 bits per heavy atom. The van der Waals surface area contributed by atoms with Crippen molar-refractivity contribution in [2.24, 2.45) is 17.2 Å². The van der Waals surface area contributed by atoms with Crippen LogP contribution in [-0.2, 0) is 0 Å². The van der Waals surface area contributed by atoms with E-state index in [2.05, 4.69) is 22.6 Å². The van der Waals surface area contributed by atoms with Gasteiger partial charge in [-0.15, -0.1) is 0 Å². The molecule has 0 heterocycles. The average Bonchev–Trinajstić information content (AvgIpc) is 2.11. The molecule has 0 aromatic rings. The standard InChI is InChI=1S/C8H20IN3/c9-7(5-10)3-1-2-4-8(12)6-11/h7-8H,1-6,10-12H2. The third-order valence-electron chi connectivity index (χ3n) is 1.90. The molecule has 0 saturated heterocycles. The summed E-state index contributed by atoms with van der Waals surface area (Å²) in [5.41, 5.74) is 16.6. The van der Waals surface area contributed by atoms with Crippen molar-refractivity contribution in [2.75, 3.05) is 13.1 Å². The minimum Gasteiger partial charge on any atom is -0.329 e. The number of alkyl halides is 1. The summed E-state index contributed by atoms with van der Waals surface area (Å²) < 4.78 is 0.622. The second kappa shape index (κ2) is 8.22. The van der Waals surface area contributed by atoms with Gasteiger partial charge < -0.3 is 17.2 Å². The Kier molecular flexibility index (Phi) is 8.64. The molecule has 0 bridgehead atoms. The Hall–Kier alpha value is 0.610. The Balaban J connectivity index is 3.10. The van der Waals surface area contributed by atoms with Gasteiger partial charge in [-0.05, 0) is 12.8 Å². The van der Waals surface area contributed by atoms with Gasteiger partial charge in [0.15, 0.2) is 0 Å². The van der Waals surface area contributed by atoms with E-state index in [1.54, 1.807) is 0 Å². The highest BCUT2D eigenvalue weighted by molar-refractivity contribution is 14.1. The molecule has 4 heteroatoms. The number of nitrogens with two attached hydrogens (primary N) is 3. The molecule has 74 valence electrons. The summed E-state index contributed by atoms with van der Waals surface area (Å²) in [7, 11) is 0. The van der Waals surface area contributed by atoms with Crippen LogP contribution in [0.1, 0.15) is 25.7 Å². The highest BCUT2D eigenvalue weighted by Crippen LogP contribution is 2.10. The van der Waals surface area contributed by atoms with Crippen LogP contribution in [0.15, 0.2) is 0 Å². The predicted molar refractivity (Wildman–Crippen MR) is 62.4 cm³/mol. The number of hydrogen-bond donors (Lipinski definition) is 3. The van der Waals surface area contributed by atoms with E-state index in [4.69, 9.17) is 17.2 Å². The number of rotatable bonds is 7. The van der Waals surface area contributed by atoms with Crippen molar-refractivity contribution in [2.45, 2.75) is 35.6 Å². The summed E-state index contributed by atoms with van der Waals surface area (Å²) in [5.74, 6) is 0. The van der Waals surface area contributed by atoms with Gasteiger partial charge in [-0.3, -0.25) is 0 Å². The highest BCUT2D eigenvalue weighted by atomic mass is 127. The minimum atomic E-state index is 0.190. The van der Waals surface area contributed by atoms with E-state index in [1.165, 1.54) is 19.3 Å². The summed E-state index contributed by atoms with van der Waals surface area (Å²) in [6.07, 6.45) is 4.65. The quantitative estimate of drug-likeness (QED) is 0.364. The Bertz CT molecular complexity index is 88.3. The third-order valence-corrected chi connectivity index (χ3v) is 3.03. The van der Waals surface area contributed by atoms with Gasteiger partial charge in [0.25, 0.3) is 0 Å². The summed E-state index contributed by atoms with van der Waals surface area (Å²) in [6, 6.07) is 0.190. The Morgan fingerprint density at radius 1 is 1.00 bits per heavy atom. The average molecular weight is 285 g/mol. The predicted octanol–water partition coefficient (Wildman–Crippen LogP) is 0.595. The van der Waals surface area contributed by atoms with Crippen LogP contribution in [0, 0.1) is 0 Å². The first-order chi connectivity index (χ1) is 5.70. The zero-order valence-corrected chi connectivity index (χ0v) is 9.66. The fourth-order valence-electron chi connectivity index (χ4n) is 1.01. The van der Waals surface area contributed by atoms with Gasteiger partial charge in [0.05, 0.1) is 0 Å². The zero-order chi connectivity index (χ0) is 9.40. The molecule has 2 atom stereocenters. The SMILES string of the molecule is NCC(N)CCCCC(I)CN. The van der Waals surface area contributed by atoms with Gasteiger partial charge in [0.2, 0.25) is 0 Å². The van der Waals surface area contributed by atoms with Crippen LogP contribution >= 0.6 is 22.6 Å². The summed E-state index contributed by atoms with van der Waals surface area (Å²) >= 11 is 2.39. The molecule has 0 aliphatic heterocycles.